The Kier molecular flexibility index (Phi) is 4.26. The van der Waals surface area contributed by atoms with E-state index in [4.69, 9.17) is 17.3 Å². The molecule has 88 valence electrons. The van der Waals surface area contributed by atoms with Crippen LogP contribution in [0.25, 0.3) is 0 Å². The van der Waals surface area contributed by atoms with E-state index in [1.54, 1.807) is 6.92 Å². The predicted octanol–water partition coefficient (Wildman–Crippen LogP) is 2.04. The summed E-state index contributed by atoms with van der Waals surface area (Å²) in [5.41, 5.74) is 5.55. The lowest BCUT2D eigenvalue weighted by molar-refractivity contribution is -0.121. The molecule has 16 heavy (non-hydrogen) atoms. The number of anilines is 1. The van der Waals surface area contributed by atoms with Gasteiger partial charge in [0, 0.05) is 24.5 Å². The first kappa shape index (κ1) is 12.9. The first-order valence-corrected chi connectivity index (χ1v) is 5.28. The summed E-state index contributed by atoms with van der Waals surface area (Å²) >= 11 is 5.75. The Morgan fingerprint density at radius 3 is 2.81 bits per heavy atom. The van der Waals surface area contributed by atoms with Gasteiger partial charge in [0.05, 0.1) is 5.69 Å². The minimum Gasteiger partial charge on any atom is -0.330 e. The van der Waals surface area contributed by atoms with Crippen LogP contribution in [0.15, 0.2) is 18.2 Å². The molecule has 0 spiro atoms. The van der Waals surface area contributed by atoms with Crippen molar-refractivity contribution in [3.05, 3.63) is 29.0 Å². The van der Waals surface area contributed by atoms with Crippen molar-refractivity contribution in [3.8, 4) is 0 Å². The monoisotopic (exact) mass is 244 g/mol. The van der Waals surface area contributed by atoms with Crippen molar-refractivity contribution in [1.82, 2.24) is 0 Å². The number of carbonyl (C=O) groups is 1. The summed E-state index contributed by atoms with van der Waals surface area (Å²) < 4.78 is 13.5. The average molecular weight is 245 g/mol. The van der Waals surface area contributed by atoms with E-state index in [-0.39, 0.29) is 24.1 Å². The zero-order chi connectivity index (χ0) is 12.3. The molecule has 0 radical (unpaired) electrons. The molecule has 0 aliphatic heterocycles. The fraction of sp³-hybridized carbons (Fsp3) is 0.364. The van der Waals surface area contributed by atoms with E-state index in [2.05, 4.69) is 0 Å². The number of carbonyl (C=O) groups excluding carboxylic acids is 1. The van der Waals surface area contributed by atoms with Gasteiger partial charge < -0.3 is 10.6 Å². The van der Waals surface area contributed by atoms with E-state index in [1.165, 1.54) is 30.1 Å². The maximum absolute atomic E-state index is 13.5. The van der Waals surface area contributed by atoms with Gasteiger partial charge in [0.25, 0.3) is 0 Å². The van der Waals surface area contributed by atoms with Gasteiger partial charge in [0.2, 0.25) is 5.91 Å². The second-order valence-corrected chi connectivity index (χ2v) is 4.07. The molecule has 1 aromatic carbocycles. The molecular formula is C11H14ClFN2O. The summed E-state index contributed by atoms with van der Waals surface area (Å²) in [7, 11) is 1.50. The van der Waals surface area contributed by atoms with Crippen molar-refractivity contribution in [2.24, 2.45) is 11.7 Å². The van der Waals surface area contributed by atoms with Crippen LogP contribution in [0.1, 0.15) is 6.92 Å². The quantitative estimate of drug-likeness (QED) is 0.885. The third-order valence-electron chi connectivity index (χ3n) is 2.38. The minimum absolute atomic E-state index is 0.165. The summed E-state index contributed by atoms with van der Waals surface area (Å²) in [6.45, 7) is 1.92. The van der Waals surface area contributed by atoms with Crippen LogP contribution in [0.4, 0.5) is 10.1 Å². The second kappa shape index (κ2) is 5.27. The van der Waals surface area contributed by atoms with E-state index < -0.39 is 5.82 Å². The van der Waals surface area contributed by atoms with E-state index in [0.29, 0.717) is 5.02 Å². The van der Waals surface area contributed by atoms with E-state index in [1.807, 2.05) is 0 Å². The first-order chi connectivity index (χ1) is 7.47. The van der Waals surface area contributed by atoms with Gasteiger partial charge in [-0.25, -0.2) is 4.39 Å². The number of nitrogens with two attached hydrogens (primary N) is 1. The fourth-order valence-electron chi connectivity index (χ4n) is 1.29. The van der Waals surface area contributed by atoms with Gasteiger partial charge in [-0.2, -0.15) is 0 Å². The summed E-state index contributed by atoms with van der Waals surface area (Å²) in [6, 6.07) is 4.08. The number of halogens is 2. The molecular weight excluding hydrogens is 231 g/mol. The highest BCUT2D eigenvalue weighted by Crippen LogP contribution is 2.23. The molecule has 5 heteroatoms. The van der Waals surface area contributed by atoms with E-state index >= 15 is 0 Å². The smallest absolute Gasteiger partial charge is 0.230 e. The Balaban J connectivity index is 3.00. The number of rotatable bonds is 3. The Hall–Kier alpha value is -1.13. The van der Waals surface area contributed by atoms with Crippen LogP contribution in [-0.4, -0.2) is 19.5 Å². The topological polar surface area (TPSA) is 46.3 Å². The Morgan fingerprint density at radius 2 is 2.25 bits per heavy atom. The van der Waals surface area contributed by atoms with Crippen molar-refractivity contribution in [2.75, 3.05) is 18.5 Å². The second-order valence-electron chi connectivity index (χ2n) is 3.63. The van der Waals surface area contributed by atoms with Crippen molar-refractivity contribution in [1.29, 1.82) is 0 Å². The number of benzene rings is 1. The zero-order valence-corrected chi connectivity index (χ0v) is 9.96. The first-order valence-electron chi connectivity index (χ1n) is 4.90. The van der Waals surface area contributed by atoms with Crippen molar-refractivity contribution >= 4 is 23.2 Å². The molecule has 2 N–H and O–H groups in total. The Labute approximate surface area is 99.0 Å². The molecule has 1 amide bonds. The molecule has 0 aromatic heterocycles. The molecule has 0 aliphatic rings. The van der Waals surface area contributed by atoms with Crippen LogP contribution in [-0.2, 0) is 4.79 Å². The largest absolute Gasteiger partial charge is 0.330 e. The molecule has 0 fully saturated rings. The molecule has 1 unspecified atom stereocenters. The van der Waals surface area contributed by atoms with Crippen molar-refractivity contribution < 1.29 is 9.18 Å². The van der Waals surface area contributed by atoms with Gasteiger partial charge in [0.15, 0.2) is 0 Å². The molecule has 1 atom stereocenters. The summed E-state index contributed by atoms with van der Waals surface area (Å²) in [6.07, 6.45) is 0. The van der Waals surface area contributed by atoms with Crippen molar-refractivity contribution in [2.45, 2.75) is 6.92 Å². The van der Waals surface area contributed by atoms with Gasteiger partial charge >= 0.3 is 0 Å². The third kappa shape index (κ3) is 2.71. The van der Waals surface area contributed by atoms with Gasteiger partial charge in [0.1, 0.15) is 5.82 Å². The molecule has 0 saturated carbocycles. The van der Waals surface area contributed by atoms with E-state index in [9.17, 15) is 9.18 Å². The molecule has 0 heterocycles. The van der Waals surface area contributed by atoms with Crippen LogP contribution >= 0.6 is 11.6 Å². The molecule has 0 saturated heterocycles. The summed E-state index contributed by atoms with van der Waals surface area (Å²) in [5.74, 6) is -1.06. The van der Waals surface area contributed by atoms with E-state index in [0.717, 1.165) is 0 Å². The van der Waals surface area contributed by atoms with Crippen LogP contribution in [0.2, 0.25) is 5.02 Å². The lowest BCUT2D eigenvalue weighted by Gasteiger charge is -2.21. The lowest BCUT2D eigenvalue weighted by atomic mass is 10.1. The van der Waals surface area contributed by atoms with Crippen LogP contribution in [0.3, 0.4) is 0 Å². The number of hydrogen-bond acceptors (Lipinski definition) is 2. The Bertz CT molecular complexity index is 398. The zero-order valence-electron chi connectivity index (χ0n) is 9.21. The predicted molar refractivity (Wildman–Crippen MR) is 63.0 cm³/mol. The van der Waals surface area contributed by atoms with Gasteiger partial charge in [-0.15, -0.1) is 0 Å². The average Bonchev–Trinajstić information content (AvgIpc) is 2.29. The lowest BCUT2D eigenvalue weighted by Crippen LogP contribution is -2.35. The molecule has 0 bridgehead atoms. The normalized spacial score (nSPS) is 12.3. The summed E-state index contributed by atoms with van der Waals surface area (Å²) in [4.78, 5) is 13.0. The highest BCUT2D eigenvalue weighted by molar-refractivity contribution is 6.30. The highest BCUT2D eigenvalue weighted by atomic mass is 35.5. The number of hydrogen-bond donors (Lipinski definition) is 1. The standard InChI is InChI=1S/C11H14ClFN2O/c1-7(6-14)11(16)15(2)10-5-8(12)3-4-9(10)13/h3-5,7H,6,14H2,1-2H3. The van der Waals surface area contributed by atoms with Crippen LogP contribution < -0.4 is 10.6 Å². The molecule has 3 nitrogen and oxygen atoms in total. The molecule has 1 rings (SSSR count). The highest BCUT2D eigenvalue weighted by Gasteiger charge is 2.19. The maximum Gasteiger partial charge on any atom is 0.230 e. The van der Waals surface area contributed by atoms with Gasteiger partial charge in [-0.05, 0) is 18.2 Å². The van der Waals surface area contributed by atoms with Crippen molar-refractivity contribution in [3.63, 3.8) is 0 Å². The van der Waals surface area contributed by atoms with Crippen LogP contribution in [0.5, 0.6) is 0 Å². The molecule has 1 aromatic rings. The summed E-state index contributed by atoms with van der Waals surface area (Å²) in [5, 5.41) is 0.386. The fourth-order valence-corrected chi connectivity index (χ4v) is 1.46. The maximum atomic E-state index is 13.5. The Morgan fingerprint density at radius 1 is 1.62 bits per heavy atom. The SMILES string of the molecule is CC(CN)C(=O)N(C)c1cc(Cl)ccc1F. The molecule has 0 aliphatic carbocycles. The van der Waals surface area contributed by atoms with Gasteiger partial charge in [-0.1, -0.05) is 18.5 Å². The third-order valence-corrected chi connectivity index (χ3v) is 2.61. The number of nitrogens with zero attached hydrogens (tertiary/aromatic N) is 1. The minimum atomic E-state index is -0.482. The van der Waals surface area contributed by atoms with Crippen LogP contribution in [0, 0.1) is 11.7 Å². The van der Waals surface area contributed by atoms with Gasteiger partial charge in [-0.3, -0.25) is 4.79 Å². The number of amides is 1.